The van der Waals surface area contributed by atoms with Gasteiger partial charge in [0, 0.05) is 22.7 Å². The normalized spacial score (nSPS) is 19.8. The van der Waals surface area contributed by atoms with Crippen LogP contribution in [-0.2, 0) is 9.53 Å². The van der Waals surface area contributed by atoms with Crippen LogP contribution in [0.2, 0.25) is 0 Å². The van der Waals surface area contributed by atoms with E-state index in [0.717, 1.165) is 15.8 Å². The number of hydrogen-bond acceptors (Lipinski definition) is 7. The fourth-order valence-corrected chi connectivity index (χ4v) is 4.02. The number of carbonyl (C=O) groups is 1. The van der Waals surface area contributed by atoms with Gasteiger partial charge in [-0.15, -0.1) is 0 Å². The highest BCUT2D eigenvalue weighted by Gasteiger charge is 2.41. The number of nitrogens with zero attached hydrogens (tertiary/aromatic N) is 3. The van der Waals surface area contributed by atoms with Crippen molar-refractivity contribution in [1.82, 2.24) is 4.90 Å². The average molecular weight is 359 g/mol. The Morgan fingerprint density at radius 2 is 2.08 bits per heavy atom. The SMILES string of the molecule is COC(=O)C1=C(C)N=C2SC(C)=C(C)N2[C@H]1c1cccc([N+](=O)[O-])c1. The Morgan fingerprint density at radius 1 is 1.36 bits per heavy atom. The van der Waals surface area contributed by atoms with Gasteiger partial charge in [-0.1, -0.05) is 23.9 Å². The fourth-order valence-electron chi connectivity index (χ4n) is 2.98. The number of hydrogen-bond donors (Lipinski definition) is 0. The average Bonchev–Trinajstić information content (AvgIpc) is 2.87. The number of amidine groups is 1. The van der Waals surface area contributed by atoms with Crippen molar-refractivity contribution in [3.05, 3.63) is 61.8 Å². The van der Waals surface area contributed by atoms with Gasteiger partial charge in [-0.3, -0.25) is 10.1 Å². The molecule has 0 N–H and O–H groups in total. The number of thioether (sulfide) groups is 1. The molecule has 0 amide bonds. The molecule has 0 bridgehead atoms. The summed E-state index contributed by atoms with van der Waals surface area (Å²) in [5, 5.41) is 11.9. The van der Waals surface area contributed by atoms with Crippen molar-refractivity contribution in [2.75, 3.05) is 7.11 Å². The van der Waals surface area contributed by atoms with E-state index in [9.17, 15) is 14.9 Å². The first-order valence-electron chi connectivity index (χ1n) is 7.61. The van der Waals surface area contributed by atoms with Crippen LogP contribution in [-0.4, -0.2) is 28.1 Å². The lowest BCUT2D eigenvalue weighted by molar-refractivity contribution is -0.384. The Bertz CT molecular complexity index is 872. The number of allylic oxidation sites excluding steroid dienone is 3. The predicted octanol–water partition coefficient (Wildman–Crippen LogP) is 3.75. The van der Waals surface area contributed by atoms with Gasteiger partial charge in [-0.25, -0.2) is 9.79 Å². The third kappa shape index (κ3) is 2.82. The van der Waals surface area contributed by atoms with Crippen LogP contribution >= 0.6 is 11.8 Å². The maximum Gasteiger partial charge on any atom is 0.338 e. The van der Waals surface area contributed by atoms with Gasteiger partial charge in [0.25, 0.3) is 5.69 Å². The van der Waals surface area contributed by atoms with Crippen molar-refractivity contribution in [2.45, 2.75) is 26.8 Å². The third-order valence-electron chi connectivity index (χ3n) is 4.31. The first kappa shape index (κ1) is 17.2. The molecule has 0 unspecified atom stereocenters. The molecule has 0 aromatic heterocycles. The van der Waals surface area contributed by atoms with Gasteiger partial charge >= 0.3 is 5.97 Å². The lowest BCUT2D eigenvalue weighted by atomic mass is 9.94. The summed E-state index contributed by atoms with van der Waals surface area (Å²) in [7, 11) is 1.32. The third-order valence-corrected chi connectivity index (χ3v) is 5.38. The lowest BCUT2D eigenvalue weighted by Crippen LogP contribution is -2.35. The van der Waals surface area contributed by atoms with Crippen LogP contribution < -0.4 is 0 Å². The minimum absolute atomic E-state index is 0.0198. The van der Waals surface area contributed by atoms with Crippen LogP contribution in [0.15, 0.2) is 51.1 Å². The van der Waals surface area contributed by atoms with Crippen LogP contribution in [0.25, 0.3) is 0 Å². The minimum atomic E-state index is -0.509. The molecule has 0 saturated heterocycles. The highest BCUT2D eigenvalue weighted by Crippen LogP contribution is 2.46. The van der Waals surface area contributed by atoms with E-state index in [0.29, 0.717) is 16.8 Å². The number of rotatable bonds is 3. The van der Waals surface area contributed by atoms with Crippen molar-refractivity contribution >= 4 is 28.6 Å². The molecule has 3 rings (SSSR count). The van der Waals surface area contributed by atoms with Gasteiger partial charge in [0.05, 0.1) is 29.3 Å². The smallest absolute Gasteiger partial charge is 0.338 e. The van der Waals surface area contributed by atoms with Crippen LogP contribution in [0, 0.1) is 10.1 Å². The molecule has 0 fully saturated rings. The number of non-ortho nitro benzene ring substituents is 1. The zero-order valence-electron chi connectivity index (χ0n) is 14.3. The van der Waals surface area contributed by atoms with Gasteiger partial charge < -0.3 is 9.64 Å². The number of aliphatic imine (C=N–C) groups is 1. The topological polar surface area (TPSA) is 85.0 Å². The molecule has 0 saturated carbocycles. The highest BCUT2D eigenvalue weighted by atomic mass is 32.2. The Labute approximate surface area is 149 Å². The highest BCUT2D eigenvalue weighted by molar-refractivity contribution is 8.17. The van der Waals surface area contributed by atoms with Crippen molar-refractivity contribution in [3.63, 3.8) is 0 Å². The van der Waals surface area contributed by atoms with Crippen molar-refractivity contribution < 1.29 is 14.5 Å². The second-order valence-electron chi connectivity index (χ2n) is 5.75. The molecule has 2 aliphatic heterocycles. The van der Waals surface area contributed by atoms with Crippen molar-refractivity contribution in [2.24, 2.45) is 4.99 Å². The van der Waals surface area contributed by atoms with Crippen LogP contribution in [0.4, 0.5) is 5.69 Å². The van der Waals surface area contributed by atoms with Gasteiger partial charge in [-0.2, -0.15) is 0 Å². The van der Waals surface area contributed by atoms with Gasteiger partial charge in [0.15, 0.2) is 5.17 Å². The molecule has 1 aromatic rings. The number of benzene rings is 1. The first-order valence-corrected chi connectivity index (χ1v) is 8.43. The van der Waals surface area contributed by atoms with Crippen molar-refractivity contribution in [3.8, 4) is 0 Å². The van der Waals surface area contributed by atoms with Crippen molar-refractivity contribution in [1.29, 1.82) is 0 Å². The molecule has 25 heavy (non-hydrogen) atoms. The molecule has 1 aromatic carbocycles. The summed E-state index contributed by atoms with van der Waals surface area (Å²) < 4.78 is 4.95. The second kappa shape index (κ2) is 6.36. The van der Waals surface area contributed by atoms with Gasteiger partial charge in [0.1, 0.15) is 0 Å². The molecule has 0 radical (unpaired) electrons. The number of esters is 1. The Kier molecular flexibility index (Phi) is 4.38. The van der Waals surface area contributed by atoms with E-state index in [4.69, 9.17) is 4.74 Å². The molecule has 130 valence electrons. The van der Waals surface area contributed by atoms with E-state index in [1.807, 2.05) is 18.7 Å². The number of methoxy groups -OCH3 is 1. The Balaban J connectivity index is 2.21. The molecule has 7 nitrogen and oxygen atoms in total. The monoisotopic (exact) mass is 359 g/mol. The molecule has 0 aliphatic carbocycles. The Morgan fingerprint density at radius 3 is 2.72 bits per heavy atom. The van der Waals surface area contributed by atoms with E-state index < -0.39 is 16.9 Å². The summed E-state index contributed by atoms with van der Waals surface area (Å²) in [6.45, 7) is 5.69. The maximum atomic E-state index is 12.4. The largest absolute Gasteiger partial charge is 0.466 e. The summed E-state index contributed by atoms with van der Waals surface area (Å²) in [4.78, 5) is 30.7. The minimum Gasteiger partial charge on any atom is -0.466 e. The molecular weight excluding hydrogens is 342 g/mol. The zero-order valence-corrected chi connectivity index (χ0v) is 15.1. The van der Waals surface area contributed by atoms with E-state index in [-0.39, 0.29) is 5.69 Å². The van der Waals surface area contributed by atoms with Crippen LogP contribution in [0.1, 0.15) is 32.4 Å². The summed E-state index contributed by atoms with van der Waals surface area (Å²) >= 11 is 1.53. The molecule has 1 atom stereocenters. The predicted molar refractivity (Wildman–Crippen MR) is 95.8 cm³/mol. The fraction of sp³-hybridized carbons (Fsp3) is 0.294. The molecule has 0 spiro atoms. The lowest BCUT2D eigenvalue weighted by Gasteiger charge is -2.35. The van der Waals surface area contributed by atoms with E-state index in [1.165, 1.54) is 31.0 Å². The standard InChI is InChI=1S/C17H17N3O4S/c1-9-14(16(21)24-4)15(12-6-5-7-13(8-12)20(22)23)19-10(2)11(3)25-17(19)18-9/h5-8,15H,1-4H3/t15-/m0/s1. The number of nitro groups is 1. The quantitative estimate of drug-likeness (QED) is 0.464. The van der Waals surface area contributed by atoms with E-state index in [2.05, 4.69) is 4.99 Å². The maximum absolute atomic E-state index is 12.4. The second-order valence-corrected chi connectivity index (χ2v) is 6.93. The molecular formula is C17H17N3O4S. The number of nitro benzene ring substituents is 1. The molecule has 8 heteroatoms. The summed E-state index contributed by atoms with van der Waals surface area (Å²) in [6, 6.07) is 5.82. The molecule has 2 aliphatic rings. The van der Waals surface area contributed by atoms with Gasteiger partial charge in [0.2, 0.25) is 0 Å². The molecule has 2 heterocycles. The first-order chi connectivity index (χ1) is 11.8. The van der Waals surface area contributed by atoms with E-state index >= 15 is 0 Å². The van der Waals surface area contributed by atoms with E-state index in [1.54, 1.807) is 19.1 Å². The Hall–Kier alpha value is -2.61. The summed E-state index contributed by atoms with van der Waals surface area (Å²) in [5.74, 6) is -0.487. The number of carbonyl (C=O) groups excluding carboxylic acids is 1. The summed E-state index contributed by atoms with van der Waals surface area (Å²) in [6.07, 6.45) is 0. The number of fused-ring (bicyclic) bond motifs is 1. The zero-order chi connectivity index (χ0) is 18.3. The van der Waals surface area contributed by atoms with Crippen LogP contribution in [0.3, 0.4) is 0 Å². The van der Waals surface area contributed by atoms with Gasteiger partial charge in [-0.05, 0) is 26.3 Å². The number of ether oxygens (including phenoxy) is 1. The summed E-state index contributed by atoms with van der Waals surface area (Å²) in [5.41, 5.74) is 2.55. The van der Waals surface area contributed by atoms with Crippen LogP contribution in [0.5, 0.6) is 0 Å².